The van der Waals surface area contributed by atoms with E-state index in [2.05, 4.69) is 17.5 Å². The Kier molecular flexibility index (Phi) is 3.35. The molecule has 2 aromatic rings. The maximum Gasteiger partial charge on any atom is 0.0998 e. The van der Waals surface area contributed by atoms with E-state index in [1.807, 2.05) is 30.3 Å². The smallest absolute Gasteiger partial charge is 0.0998 e. The Balaban J connectivity index is 1.89. The molecule has 1 aliphatic rings. The molecule has 0 saturated carbocycles. The molecule has 3 rings (SSSR count). The van der Waals surface area contributed by atoms with E-state index in [4.69, 9.17) is 10.00 Å². The highest BCUT2D eigenvalue weighted by atomic mass is 16.5. The van der Waals surface area contributed by atoms with Crippen LogP contribution in [0.2, 0.25) is 0 Å². The predicted molar refractivity (Wildman–Crippen MR) is 76.1 cm³/mol. The molecule has 3 heteroatoms. The van der Waals surface area contributed by atoms with Crippen LogP contribution < -0.4 is 5.32 Å². The first-order valence-electron chi connectivity index (χ1n) is 6.62. The second-order valence-corrected chi connectivity index (χ2v) is 4.93. The molecular formula is C16H16N2O. The van der Waals surface area contributed by atoms with Gasteiger partial charge in [0, 0.05) is 35.5 Å². The lowest BCUT2D eigenvalue weighted by Gasteiger charge is -2.13. The highest BCUT2D eigenvalue weighted by Crippen LogP contribution is 2.27. The van der Waals surface area contributed by atoms with E-state index >= 15 is 0 Å². The molecule has 3 nitrogen and oxygen atoms in total. The Morgan fingerprint density at radius 2 is 2.05 bits per heavy atom. The zero-order valence-corrected chi connectivity index (χ0v) is 10.7. The third kappa shape index (κ3) is 2.40. The quantitative estimate of drug-likeness (QED) is 0.912. The van der Waals surface area contributed by atoms with Crippen molar-refractivity contribution in [1.82, 2.24) is 0 Å². The number of benzene rings is 2. The summed E-state index contributed by atoms with van der Waals surface area (Å²) >= 11 is 0. The van der Waals surface area contributed by atoms with Crippen LogP contribution in [0.5, 0.6) is 0 Å². The van der Waals surface area contributed by atoms with Crippen molar-refractivity contribution in [3.05, 3.63) is 42.0 Å². The largest absolute Gasteiger partial charge is 0.384 e. The van der Waals surface area contributed by atoms with Crippen LogP contribution in [-0.4, -0.2) is 19.8 Å². The molecule has 1 aliphatic heterocycles. The second-order valence-electron chi connectivity index (χ2n) is 4.93. The van der Waals surface area contributed by atoms with E-state index in [0.29, 0.717) is 5.92 Å². The minimum atomic E-state index is 0.592. The maximum atomic E-state index is 9.14. The monoisotopic (exact) mass is 252 g/mol. The van der Waals surface area contributed by atoms with Crippen LogP contribution in [-0.2, 0) is 4.74 Å². The van der Waals surface area contributed by atoms with Crippen molar-refractivity contribution in [2.75, 3.05) is 25.1 Å². The van der Waals surface area contributed by atoms with Gasteiger partial charge in [-0.1, -0.05) is 24.3 Å². The summed E-state index contributed by atoms with van der Waals surface area (Å²) in [6.45, 7) is 2.65. The number of hydrogen-bond donors (Lipinski definition) is 1. The lowest BCUT2D eigenvalue weighted by Crippen LogP contribution is -2.14. The van der Waals surface area contributed by atoms with Gasteiger partial charge in [0.15, 0.2) is 0 Å². The van der Waals surface area contributed by atoms with Gasteiger partial charge in [-0.2, -0.15) is 5.26 Å². The fourth-order valence-electron chi connectivity index (χ4n) is 2.55. The third-order valence-electron chi connectivity index (χ3n) is 3.65. The summed E-state index contributed by atoms with van der Waals surface area (Å²) in [5, 5.41) is 14.8. The average Bonchev–Trinajstić information content (AvgIpc) is 2.98. The van der Waals surface area contributed by atoms with E-state index in [-0.39, 0.29) is 0 Å². The molecule has 0 amide bonds. The SMILES string of the molecule is N#Cc1ccc(NCC2CCOC2)c2ccccc12. The van der Waals surface area contributed by atoms with Gasteiger partial charge in [0.25, 0.3) is 0 Å². The highest BCUT2D eigenvalue weighted by molar-refractivity contribution is 5.97. The molecule has 1 N–H and O–H groups in total. The Bertz CT molecular complexity index is 624. The van der Waals surface area contributed by atoms with E-state index < -0.39 is 0 Å². The Morgan fingerprint density at radius 3 is 2.79 bits per heavy atom. The molecule has 2 aromatic carbocycles. The Hall–Kier alpha value is -2.05. The van der Waals surface area contributed by atoms with Crippen molar-refractivity contribution in [1.29, 1.82) is 5.26 Å². The molecule has 96 valence electrons. The summed E-state index contributed by atoms with van der Waals surface area (Å²) in [4.78, 5) is 0. The van der Waals surface area contributed by atoms with Gasteiger partial charge >= 0.3 is 0 Å². The standard InChI is InChI=1S/C16H16N2O/c17-9-13-5-6-16(15-4-2-1-3-14(13)15)18-10-12-7-8-19-11-12/h1-6,12,18H,7-8,10-11H2. The summed E-state index contributed by atoms with van der Waals surface area (Å²) < 4.78 is 5.39. The normalized spacial score (nSPS) is 18.4. The minimum absolute atomic E-state index is 0.592. The van der Waals surface area contributed by atoms with Crippen LogP contribution in [0.15, 0.2) is 36.4 Å². The van der Waals surface area contributed by atoms with Gasteiger partial charge in [0.05, 0.1) is 18.2 Å². The van der Waals surface area contributed by atoms with Gasteiger partial charge < -0.3 is 10.1 Å². The van der Waals surface area contributed by atoms with E-state index in [0.717, 1.165) is 48.2 Å². The molecule has 0 bridgehead atoms. The van der Waals surface area contributed by atoms with Gasteiger partial charge in [0.1, 0.15) is 0 Å². The number of ether oxygens (including phenoxy) is 1. The third-order valence-corrected chi connectivity index (χ3v) is 3.65. The number of nitriles is 1. The predicted octanol–water partition coefficient (Wildman–Crippen LogP) is 3.16. The number of rotatable bonds is 3. The zero-order valence-electron chi connectivity index (χ0n) is 10.7. The fourth-order valence-corrected chi connectivity index (χ4v) is 2.55. The van der Waals surface area contributed by atoms with Crippen LogP contribution in [0.1, 0.15) is 12.0 Å². The summed E-state index contributed by atoms with van der Waals surface area (Å²) in [5.74, 6) is 0.592. The molecule has 1 unspecified atom stereocenters. The van der Waals surface area contributed by atoms with Crippen LogP contribution in [0.25, 0.3) is 10.8 Å². The molecular weight excluding hydrogens is 236 g/mol. The molecule has 19 heavy (non-hydrogen) atoms. The first-order valence-corrected chi connectivity index (χ1v) is 6.62. The number of nitrogens with zero attached hydrogens (tertiary/aromatic N) is 1. The van der Waals surface area contributed by atoms with Gasteiger partial charge in [0.2, 0.25) is 0 Å². The van der Waals surface area contributed by atoms with Crippen LogP contribution in [0.3, 0.4) is 0 Å². The maximum absolute atomic E-state index is 9.14. The minimum Gasteiger partial charge on any atom is -0.384 e. The molecule has 0 aromatic heterocycles. The summed E-state index contributed by atoms with van der Waals surface area (Å²) in [6.07, 6.45) is 1.13. The first-order chi connectivity index (χ1) is 9.38. The number of nitrogens with one attached hydrogen (secondary N) is 1. The topological polar surface area (TPSA) is 45.0 Å². The molecule has 1 heterocycles. The van der Waals surface area contributed by atoms with Crippen LogP contribution in [0, 0.1) is 17.2 Å². The second kappa shape index (κ2) is 5.29. The Labute approximate surface area is 112 Å². The lowest BCUT2D eigenvalue weighted by molar-refractivity contribution is 0.187. The van der Waals surface area contributed by atoms with E-state index in [1.54, 1.807) is 0 Å². The number of anilines is 1. The summed E-state index contributed by atoms with van der Waals surface area (Å²) in [6, 6.07) is 14.2. The summed E-state index contributed by atoms with van der Waals surface area (Å²) in [7, 11) is 0. The lowest BCUT2D eigenvalue weighted by atomic mass is 10.0. The average molecular weight is 252 g/mol. The van der Waals surface area contributed by atoms with Crippen molar-refractivity contribution in [2.24, 2.45) is 5.92 Å². The van der Waals surface area contributed by atoms with E-state index in [1.165, 1.54) is 0 Å². The molecule has 0 spiro atoms. The van der Waals surface area contributed by atoms with Gasteiger partial charge in [-0.25, -0.2) is 0 Å². The zero-order chi connectivity index (χ0) is 13.1. The van der Waals surface area contributed by atoms with Crippen molar-refractivity contribution in [2.45, 2.75) is 6.42 Å². The molecule has 1 atom stereocenters. The molecule has 0 aliphatic carbocycles. The van der Waals surface area contributed by atoms with Crippen molar-refractivity contribution >= 4 is 16.5 Å². The van der Waals surface area contributed by atoms with E-state index in [9.17, 15) is 0 Å². The molecule has 0 radical (unpaired) electrons. The summed E-state index contributed by atoms with van der Waals surface area (Å²) in [5.41, 5.74) is 1.83. The van der Waals surface area contributed by atoms with Crippen molar-refractivity contribution < 1.29 is 4.74 Å². The van der Waals surface area contributed by atoms with Gasteiger partial charge in [-0.3, -0.25) is 0 Å². The fraction of sp³-hybridized carbons (Fsp3) is 0.312. The van der Waals surface area contributed by atoms with Crippen LogP contribution >= 0.6 is 0 Å². The van der Waals surface area contributed by atoms with Crippen LogP contribution in [0.4, 0.5) is 5.69 Å². The van der Waals surface area contributed by atoms with Crippen molar-refractivity contribution in [3.63, 3.8) is 0 Å². The van der Waals surface area contributed by atoms with Gasteiger partial charge in [-0.15, -0.1) is 0 Å². The highest BCUT2D eigenvalue weighted by Gasteiger charge is 2.15. The molecule has 1 fully saturated rings. The number of hydrogen-bond acceptors (Lipinski definition) is 3. The Morgan fingerprint density at radius 1 is 1.21 bits per heavy atom. The van der Waals surface area contributed by atoms with Gasteiger partial charge in [-0.05, 0) is 18.6 Å². The number of fused-ring (bicyclic) bond motifs is 1. The first kappa shape index (κ1) is 12.0. The molecule has 1 saturated heterocycles. The van der Waals surface area contributed by atoms with Crippen molar-refractivity contribution in [3.8, 4) is 6.07 Å².